The average molecular weight is 390 g/mol. The first-order valence-electron chi connectivity index (χ1n) is 8.24. The molecule has 1 fully saturated rings. The molecular formula is C17H18N4O3S2. The van der Waals surface area contributed by atoms with Gasteiger partial charge in [0.15, 0.2) is 0 Å². The van der Waals surface area contributed by atoms with Gasteiger partial charge in [-0.15, -0.1) is 11.3 Å². The summed E-state index contributed by atoms with van der Waals surface area (Å²) in [5.74, 6) is 0.704. The molecule has 3 aromatic rings. The highest BCUT2D eigenvalue weighted by Crippen LogP contribution is 2.26. The van der Waals surface area contributed by atoms with Crippen LogP contribution >= 0.6 is 11.3 Å². The maximum atomic E-state index is 13.0. The highest BCUT2D eigenvalue weighted by atomic mass is 32.2. The molecular weight excluding hydrogens is 372 g/mol. The molecule has 1 aliphatic rings. The highest BCUT2D eigenvalue weighted by Gasteiger charge is 2.28. The number of rotatable bonds is 5. The molecule has 26 heavy (non-hydrogen) atoms. The zero-order valence-electron chi connectivity index (χ0n) is 14.0. The predicted molar refractivity (Wildman–Crippen MR) is 101 cm³/mol. The first kappa shape index (κ1) is 17.3. The van der Waals surface area contributed by atoms with E-state index in [-0.39, 0.29) is 0 Å². The van der Waals surface area contributed by atoms with Crippen LogP contribution in [-0.4, -0.2) is 49.0 Å². The van der Waals surface area contributed by atoms with E-state index >= 15 is 0 Å². The second-order valence-corrected chi connectivity index (χ2v) is 8.64. The Morgan fingerprint density at radius 3 is 2.81 bits per heavy atom. The third-order valence-electron chi connectivity index (χ3n) is 4.27. The van der Waals surface area contributed by atoms with Gasteiger partial charge < -0.3 is 10.1 Å². The molecule has 0 amide bonds. The first-order valence-corrected chi connectivity index (χ1v) is 10.6. The van der Waals surface area contributed by atoms with Gasteiger partial charge in [0.2, 0.25) is 10.0 Å². The summed E-state index contributed by atoms with van der Waals surface area (Å²) >= 11 is 1.54. The standard InChI is InChI=1S/C17H18N4O3S2/c22-26(23,21-6-8-24-9-7-21)15-4-2-1-3-13(15)11-18-16-14-5-10-25-17(14)20-12-19-16/h1-5,10,12H,6-9,11H2,(H,18,19,20). The number of aromatic nitrogens is 2. The molecule has 136 valence electrons. The third kappa shape index (κ3) is 3.30. The Labute approximate surface area is 155 Å². The van der Waals surface area contributed by atoms with E-state index in [9.17, 15) is 8.42 Å². The molecule has 0 aliphatic carbocycles. The molecule has 1 aliphatic heterocycles. The largest absolute Gasteiger partial charge is 0.379 e. The van der Waals surface area contributed by atoms with Gasteiger partial charge in [-0.1, -0.05) is 18.2 Å². The fourth-order valence-corrected chi connectivity index (χ4v) is 5.30. The number of fused-ring (bicyclic) bond motifs is 1. The summed E-state index contributed by atoms with van der Waals surface area (Å²) in [5.41, 5.74) is 0.709. The van der Waals surface area contributed by atoms with E-state index in [2.05, 4.69) is 15.3 Å². The van der Waals surface area contributed by atoms with Gasteiger partial charge in [0.25, 0.3) is 0 Å². The summed E-state index contributed by atoms with van der Waals surface area (Å²) in [6, 6.07) is 9.03. The molecule has 2 aromatic heterocycles. The minimum atomic E-state index is -3.55. The predicted octanol–water partition coefficient (Wildman–Crippen LogP) is 2.32. The lowest BCUT2D eigenvalue weighted by Gasteiger charge is -2.27. The van der Waals surface area contributed by atoms with E-state index in [1.807, 2.05) is 23.6 Å². The van der Waals surface area contributed by atoms with Gasteiger partial charge >= 0.3 is 0 Å². The molecule has 1 saturated heterocycles. The quantitative estimate of drug-likeness (QED) is 0.720. The fourth-order valence-electron chi connectivity index (χ4n) is 2.94. The third-order valence-corrected chi connectivity index (χ3v) is 7.09. The maximum absolute atomic E-state index is 13.0. The number of benzene rings is 1. The Bertz CT molecular complexity index is 1010. The number of hydrogen-bond acceptors (Lipinski definition) is 7. The Balaban J connectivity index is 1.61. The van der Waals surface area contributed by atoms with Crippen molar-refractivity contribution < 1.29 is 13.2 Å². The number of morpholine rings is 1. The van der Waals surface area contributed by atoms with Crippen molar-refractivity contribution in [1.82, 2.24) is 14.3 Å². The topological polar surface area (TPSA) is 84.4 Å². The fraction of sp³-hybridized carbons (Fsp3) is 0.294. The van der Waals surface area contributed by atoms with E-state index in [0.717, 1.165) is 10.2 Å². The van der Waals surface area contributed by atoms with Gasteiger partial charge in [-0.05, 0) is 23.1 Å². The van der Waals surface area contributed by atoms with Gasteiger partial charge in [0.05, 0.1) is 23.5 Å². The maximum Gasteiger partial charge on any atom is 0.243 e. The van der Waals surface area contributed by atoms with Crippen LogP contribution < -0.4 is 5.32 Å². The zero-order valence-corrected chi connectivity index (χ0v) is 15.6. The van der Waals surface area contributed by atoms with E-state index in [4.69, 9.17) is 4.74 Å². The van der Waals surface area contributed by atoms with Crippen molar-refractivity contribution >= 4 is 37.4 Å². The Hall–Kier alpha value is -2.07. The number of sulfonamides is 1. The van der Waals surface area contributed by atoms with E-state index in [1.54, 1.807) is 23.5 Å². The number of nitrogens with zero attached hydrogens (tertiary/aromatic N) is 3. The van der Waals surface area contributed by atoms with Crippen LogP contribution in [0.15, 0.2) is 46.9 Å². The van der Waals surface area contributed by atoms with Crippen LogP contribution in [0.5, 0.6) is 0 Å². The monoisotopic (exact) mass is 390 g/mol. The van der Waals surface area contributed by atoms with Crippen LogP contribution in [0.3, 0.4) is 0 Å². The van der Waals surface area contributed by atoms with Crippen molar-refractivity contribution in [3.8, 4) is 0 Å². The molecule has 1 N–H and O–H groups in total. The minimum absolute atomic E-state index is 0.324. The van der Waals surface area contributed by atoms with Gasteiger partial charge in [-0.3, -0.25) is 0 Å². The normalized spacial score (nSPS) is 16.0. The van der Waals surface area contributed by atoms with Crippen LogP contribution in [0.2, 0.25) is 0 Å². The van der Waals surface area contributed by atoms with E-state index in [1.165, 1.54) is 10.6 Å². The molecule has 4 rings (SSSR count). The number of ether oxygens (including phenoxy) is 1. The molecule has 7 nitrogen and oxygen atoms in total. The SMILES string of the molecule is O=S(=O)(c1ccccc1CNc1ncnc2sccc12)N1CCOCC1. The summed E-state index contributed by atoms with van der Waals surface area (Å²) < 4.78 is 32.8. The molecule has 1 aromatic carbocycles. The Morgan fingerprint density at radius 1 is 1.15 bits per heavy atom. The molecule has 9 heteroatoms. The lowest BCUT2D eigenvalue weighted by atomic mass is 10.2. The van der Waals surface area contributed by atoms with E-state index < -0.39 is 10.0 Å². The summed E-state index contributed by atoms with van der Waals surface area (Å²) in [5, 5.41) is 6.15. The number of nitrogens with one attached hydrogen (secondary N) is 1. The van der Waals surface area contributed by atoms with Crippen LogP contribution in [0, 0.1) is 0 Å². The number of hydrogen-bond donors (Lipinski definition) is 1. The van der Waals surface area contributed by atoms with Crippen molar-refractivity contribution in [1.29, 1.82) is 0 Å². The summed E-state index contributed by atoms with van der Waals surface area (Å²) in [6.45, 7) is 1.98. The molecule has 0 saturated carbocycles. The van der Waals surface area contributed by atoms with Crippen LogP contribution in [0.4, 0.5) is 5.82 Å². The van der Waals surface area contributed by atoms with E-state index in [0.29, 0.717) is 49.1 Å². The summed E-state index contributed by atoms with van der Waals surface area (Å²) in [6.07, 6.45) is 1.51. The average Bonchev–Trinajstić information content (AvgIpc) is 3.17. The summed E-state index contributed by atoms with van der Waals surface area (Å²) in [4.78, 5) is 9.74. The zero-order chi connectivity index (χ0) is 18.0. The second kappa shape index (κ2) is 7.28. The van der Waals surface area contributed by atoms with Gasteiger partial charge in [-0.25, -0.2) is 18.4 Å². The molecule has 3 heterocycles. The van der Waals surface area contributed by atoms with Crippen molar-refractivity contribution in [2.24, 2.45) is 0 Å². The molecule has 0 radical (unpaired) electrons. The van der Waals surface area contributed by atoms with Crippen molar-refractivity contribution in [2.45, 2.75) is 11.4 Å². The molecule has 0 spiro atoms. The highest BCUT2D eigenvalue weighted by molar-refractivity contribution is 7.89. The van der Waals surface area contributed by atoms with Crippen LogP contribution in [-0.2, 0) is 21.3 Å². The molecule has 0 atom stereocenters. The van der Waals surface area contributed by atoms with Crippen molar-refractivity contribution in [3.05, 3.63) is 47.6 Å². The number of anilines is 1. The van der Waals surface area contributed by atoms with Gasteiger partial charge in [0, 0.05) is 19.6 Å². The van der Waals surface area contributed by atoms with Crippen molar-refractivity contribution in [2.75, 3.05) is 31.6 Å². The second-order valence-electron chi connectivity index (χ2n) is 5.84. The van der Waals surface area contributed by atoms with Crippen LogP contribution in [0.25, 0.3) is 10.2 Å². The Kier molecular flexibility index (Phi) is 4.86. The minimum Gasteiger partial charge on any atom is -0.379 e. The smallest absolute Gasteiger partial charge is 0.243 e. The lowest BCUT2D eigenvalue weighted by molar-refractivity contribution is 0.0730. The number of thiophene rings is 1. The van der Waals surface area contributed by atoms with Gasteiger partial charge in [-0.2, -0.15) is 4.31 Å². The molecule has 0 unspecified atom stereocenters. The molecule has 0 bridgehead atoms. The van der Waals surface area contributed by atoms with Crippen LogP contribution in [0.1, 0.15) is 5.56 Å². The summed E-state index contributed by atoms with van der Waals surface area (Å²) in [7, 11) is -3.55. The van der Waals surface area contributed by atoms with Gasteiger partial charge in [0.1, 0.15) is 17.0 Å². The van der Waals surface area contributed by atoms with Crippen molar-refractivity contribution in [3.63, 3.8) is 0 Å². The lowest BCUT2D eigenvalue weighted by Crippen LogP contribution is -2.41. The first-order chi connectivity index (χ1) is 12.7. The Morgan fingerprint density at radius 2 is 1.96 bits per heavy atom.